The van der Waals surface area contributed by atoms with Gasteiger partial charge in [-0.3, -0.25) is 18.7 Å². The van der Waals surface area contributed by atoms with Crippen LogP contribution in [0.3, 0.4) is 0 Å². The van der Waals surface area contributed by atoms with Crippen molar-refractivity contribution in [1.29, 1.82) is 0 Å². The summed E-state index contributed by atoms with van der Waals surface area (Å²) in [7, 11) is 0. The smallest absolute Gasteiger partial charge is 0.271 e. The van der Waals surface area contributed by atoms with E-state index in [1.54, 1.807) is 18.5 Å². The lowest BCUT2D eigenvalue weighted by atomic mass is 9.80. The van der Waals surface area contributed by atoms with Crippen LogP contribution in [0.5, 0.6) is 11.5 Å². The van der Waals surface area contributed by atoms with Crippen molar-refractivity contribution in [2.45, 2.75) is 72.6 Å². The molecular formula is C47H47N5O. The minimum absolute atomic E-state index is 0.0242. The molecule has 0 aliphatic carbocycles. The SMILES string of the molecule is [2H]C([2H])(c1ccnc(-n2c3ccccc3c3ccc(Oc4ccnc(-n5[c-][n+](-c6cc(C(C)(C)C)cc(C(C)(C)C)c6)c6ccccc65)c4)cc32)c1)C(C)C. The molecule has 266 valence electrons. The topological polar surface area (TPSA) is 48.8 Å². The molecule has 0 aliphatic rings. The molecule has 4 aromatic heterocycles. The zero-order valence-corrected chi connectivity index (χ0v) is 31.8. The van der Waals surface area contributed by atoms with Crippen LogP contribution in [-0.4, -0.2) is 19.1 Å². The van der Waals surface area contributed by atoms with Crippen LogP contribution in [0.2, 0.25) is 0 Å². The highest BCUT2D eigenvalue weighted by Gasteiger charge is 2.23. The summed E-state index contributed by atoms with van der Waals surface area (Å²) in [6, 6.07) is 37.0. The summed E-state index contributed by atoms with van der Waals surface area (Å²) in [5.41, 5.74) is 8.07. The monoisotopic (exact) mass is 699 g/mol. The van der Waals surface area contributed by atoms with Crippen molar-refractivity contribution in [3.05, 3.63) is 145 Å². The first kappa shape index (κ1) is 31.9. The number of pyridine rings is 2. The zero-order chi connectivity index (χ0) is 38.9. The van der Waals surface area contributed by atoms with Crippen molar-refractivity contribution in [3.8, 4) is 28.8 Å². The molecule has 0 amide bonds. The van der Waals surface area contributed by atoms with E-state index < -0.39 is 6.37 Å². The maximum Gasteiger partial charge on any atom is 0.271 e. The highest BCUT2D eigenvalue weighted by Crippen LogP contribution is 2.36. The Morgan fingerprint density at radius 1 is 0.679 bits per heavy atom. The Labute approximate surface area is 315 Å². The second-order valence-electron chi connectivity index (χ2n) is 16.2. The second kappa shape index (κ2) is 13.0. The third kappa shape index (κ3) is 6.59. The number of para-hydroxylation sites is 3. The first-order chi connectivity index (χ1) is 26.1. The summed E-state index contributed by atoms with van der Waals surface area (Å²) >= 11 is 0. The van der Waals surface area contributed by atoms with E-state index in [4.69, 9.17) is 17.4 Å². The lowest BCUT2D eigenvalue weighted by Crippen LogP contribution is -2.31. The van der Waals surface area contributed by atoms with Crippen LogP contribution in [0, 0.1) is 12.2 Å². The molecule has 4 aromatic carbocycles. The lowest BCUT2D eigenvalue weighted by molar-refractivity contribution is -0.572. The van der Waals surface area contributed by atoms with E-state index in [1.807, 2.05) is 66.9 Å². The van der Waals surface area contributed by atoms with Crippen molar-refractivity contribution in [2.24, 2.45) is 5.92 Å². The highest BCUT2D eigenvalue weighted by molar-refractivity contribution is 6.09. The summed E-state index contributed by atoms with van der Waals surface area (Å²) in [4.78, 5) is 9.52. The van der Waals surface area contributed by atoms with Crippen molar-refractivity contribution < 1.29 is 12.0 Å². The van der Waals surface area contributed by atoms with Gasteiger partial charge in [-0.15, -0.1) is 0 Å². The van der Waals surface area contributed by atoms with Gasteiger partial charge in [-0.25, -0.2) is 4.98 Å². The van der Waals surface area contributed by atoms with E-state index in [-0.39, 0.29) is 16.7 Å². The molecule has 0 spiro atoms. The van der Waals surface area contributed by atoms with Crippen molar-refractivity contribution in [1.82, 2.24) is 19.1 Å². The summed E-state index contributed by atoms with van der Waals surface area (Å²) in [6.45, 7) is 17.3. The molecule has 53 heavy (non-hydrogen) atoms. The Balaban J connectivity index is 1.20. The van der Waals surface area contributed by atoms with Crippen LogP contribution in [0.25, 0.3) is 50.2 Å². The van der Waals surface area contributed by atoms with E-state index in [0.29, 0.717) is 28.7 Å². The molecule has 8 rings (SSSR count). The number of hydrogen-bond acceptors (Lipinski definition) is 3. The minimum Gasteiger partial charge on any atom is -0.458 e. The summed E-state index contributed by atoms with van der Waals surface area (Å²) in [5.74, 6) is 2.44. The van der Waals surface area contributed by atoms with Gasteiger partial charge in [0.2, 0.25) is 0 Å². The highest BCUT2D eigenvalue weighted by atomic mass is 16.5. The molecule has 0 atom stereocenters. The van der Waals surface area contributed by atoms with Gasteiger partial charge in [0.05, 0.1) is 27.8 Å². The van der Waals surface area contributed by atoms with E-state index >= 15 is 0 Å². The van der Waals surface area contributed by atoms with Crippen molar-refractivity contribution in [2.75, 3.05) is 0 Å². The number of fused-ring (bicyclic) bond motifs is 4. The normalized spacial score (nSPS) is 13.2. The number of imidazole rings is 1. The van der Waals surface area contributed by atoms with Crippen LogP contribution in [0.1, 0.15) is 74.8 Å². The number of rotatable bonds is 7. The summed E-state index contributed by atoms with van der Waals surface area (Å²) in [5, 5.41) is 2.14. The van der Waals surface area contributed by atoms with Gasteiger partial charge in [-0.1, -0.05) is 104 Å². The Morgan fingerprint density at radius 2 is 1.32 bits per heavy atom. The van der Waals surface area contributed by atoms with Gasteiger partial charge in [0.1, 0.15) is 17.3 Å². The molecule has 0 saturated heterocycles. The Morgan fingerprint density at radius 3 is 2.06 bits per heavy atom. The van der Waals surface area contributed by atoms with Crippen molar-refractivity contribution in [3.63, 3.8) is 0 Å². The predicted molar refractivity (Wildman–Crippen MR) is 216 cm³/mol. The predicted octanol–water partition coefficient (Wildman–Crippen LogP) is 11.2. The van der Waals surface area contributed by atoms with E-state index in [2.05, 4.69) is 112 Å². The maximum atomic E-state index is 8.76. The molecule has 6 heteroatoms. The largest absolute Gasteiger partial charge is 0.458 e. The average molecular weight is 700 g/mol. The second-order valence-corrected chi connectivity index (χ2v) is 16.2. The summed E-state index contributed by atoms with van der Waals surface area (Å²) < 4.78 is 30.3. The number of benzene rings is 4. The molecule has 6 nitrogen and oxygen atoms in total. The molecule has 0 unspecified atom stereocenters. The number of hydrogen-bond donors (Lipinski definition) is 0. The molecule has 4 heterocycles. The maximum absolute atomic E-state index is 8.76. The molecule has 0 fully saturated rings. The standard InChI is InChI=1S/C47H47N5O/c1-31(2)23-32-19-21-49-45(24-32)52-40-14-10-9-13-38(40)39-18-17-36(28-43(39)52)53-37-20-22-48-44(29-37)51-30-50(41-15-11-12-16-42(41)51)35-26-33(46(3,4)5)25-34(27-35)47(6,7)8/h9-22,24-29,31H,23H2,1-8H3/i23D2. The molecule has 0 bridgehead atoms. The Hall–Kier alpha value is -5.75. The lowest BCUT2D eigenvalue weighted by Gasteiger charge is -2.26. The van der Waals surface area contributed by atoms with Crippen molar-refractivity contribution >= 4 is 32.8 Å². The fraction of sp³-hybridized carbons (Fsp3) is 0.255. The molecule has 0 N–H and O–H groups in total. The van der Waals surface area contributed by atoms with E-state index in [9.17, 15) is 0 Å². The quantitative estimate of drug-likeness (QED) is 0.123. The number of nitrogens with zero attached hydrogens (tertiary/aromatic N) is 5. The van der Waals surface area contributed by atoms with Gasteiger partial charge in [-0.2, -0.15) is 0 Å². The summed E-state index contributed by atoms with van der Waals surface area (Å²) in [6.07, 6.45) is 5.60. The van der Waals surface area contributed by atoms with Crippen LogP contribution in [0.4, 0.5) is 0 Å². The number of ether oxygens (including phenoxy) is 1. The minimum atomic E-state index is -1.50. The fourth-order valence-electron chi connectivity index (χ4n) is 6.97. The van der Waals surface area contributed by atoms with Gasteiger partial charge in [0, 0.05) is 38.0 Å². The molecule has 0 radical (unpaired) electrons. The van der Waals surface area contributed by atoms with Gasteiger partial charge < -0.3 is 4.74 Å². The Bertz CT molecular complexity index is 2700. The molecule has 8 aromatic rings. The first-order valence-electron chi connectivity index (χ1n) is 19.4. The first-order valence-corrected chi connectivity index (χ1v) is 18.4. The van der Waals surface area contributed by atoms with Crippen LogP contribution in [0.15, 0.2) is 122 Å². The number of aromatic nitrogens is 5. The Kier molecular flexibility index (Phi) is 7.85. The zero-order valence-electron chi connectivity index (χ0n) is 33.8. The van der Waals surface area contributed by atoms with Crippen LogP contribution >= 0.6 is 0 Å². The van der Waals surface area contributed by atoms with Gasteiger partial charge in [-0.05, 0) is 88.3 Å². The van der Waals surface area contributed by atoms with Crippen LogP contribution < -0.4 is 9.30 Å². The van der Waals surface area contributed by atoms with Crippen LogP contribution in [-0.2, 0) is 17.2 Å². The molecular weight excluding hydrogens is 651 g/mol. The van der Waals surface area contributed by atoms with E-state index in [0.717, 1.165) is 38.5 Å². The van der Waals surface area contributed by atoms with Gasteiger partial charge in [0.25, 0.3) is 6.33 Å². The third-order valence-corrected chi connectivity index (χ3v) is 9.73. The molecule has 0 aliphatic heterocycles. The molecule has 0 saturated carbocycles. The van der Waals surface area contributed by atoms with Gasteiger partial charge >= 0.3 is 0 Å². The van der Waals surface area contributed by atoms with E-state index in [1.165, 1.54) is 11.1 Å². The third-order valence-electron chi connectivity index (χ3n) is 9.73. The fourth-order valence-corrected chi connectivity index (χ4v) is 6.97. The average Bonchev–Trinajstić information content (AvgIpc) is 3.70. The van der Waals surface area contributed by atoms with Gasteiger partial charge in [0.15, 0.2) is 5.82 Å².